The molecule has 2 aromatic carbocycles. The standard InChI is InChI=1S/C22H22N2O2S2/c1-2-16-8-3-5-11-19(16)24-21(25)14-23-22(26)18-10-4-6-12-20(18)28-15-17-9-7-13-27-17/h3-13H,2,14-15H2,1H3,(H,23,26)(H,24,25). The Bertz CT molecular complexity index is 939. The first-order valence-electron chi connectivity index (χ1n) is 9.07. The number of thiophene rings is 1. The number of thioether (sulfide) groups is 1. The number of para-hydroxylation sites is 1. The summed E-state index contributed by atoms with van der Waals surface area (Å²) in [5.74, 6) is 0.335. The number of nitrogens with one attached hydrogen (secondary N) is 2. The first kappa shape index (κ1) is 20.2. The third-order valence-corrected chi connectivity index (χ3v) is 6.35. The van der Waals surface area contributed by atoms with Crippen molar-refractivity contribution in [3.63, 3.8) is 0 Å². The Balaban J connectivity index is 1.58. The second-order valence-corrected chi connectivity index (χ2v) is 8.16. The molecule has 144 valence electrons. The van der Waals surface area contributed by atoms with Crippen LogP contribution in [0.3, 0.4) is 0 Å². The van der Waals surface area contributed by atoms with Gasteiger partial charge in [-0.05, 0) is 41.6 Å². The van der Waals surface area contributed by atoms with Crippen LogP contribution in [0.4, 0.5) is 5.69 Å². The van der Waals surface area contributed by atoms with Crippen molar-refractivity contribution in [1.29, 1.82) is 0 Å². The van der Waals surface area contributed by atoms with Crippen molar-refractivity contribution in [1.82, 2.24) is 5.32 Å². The van der Waals surface area contributed by atoms with Crippen LogP contribution in [-0.4, -0.2) is 18.4 Å². The maximum absolute atomic E-state index is 12.6. The van der Waals surface area contributed by atoms with E-state index in [4.69, 9.17) is 0 Å². The van der Waals surface area contributed by atoms with E-state index in [2.05, 4.69) is 16.7 Å². The molecule has 1 aromatic heterocycles. The van der Waals surface area contributed by atoms with E-state index >= 15 is 0 Å². The van der Waals surface area contributed by atoms with E-state index < -0.39 is 0 Å². The summed E-state index contributed by atoms with van der Waals surface area (Å²) in [6.45, 7) is 1.97. The zero-order chi connectivity index (χ0) is 19.8. The van der Waals surface area contributed by atoms with Crippen molar-refractivity contribution in [2.24, 2.45) is 0 Å². The van der Waals surface area contributed by atoms with Crippen molar-refractivity contribution in [2.45, 2.75) is 24.0 Å². The number of carbonyl (C=O) groups excluding carboxylic acids is 2. The van der Waals surface area contributed by atoms with Crippen molar-refractivity contribution in [3.05, 3.63) is 82.0 Å². The molecule has 0 fully saturated rings. The van der Waals surface area contributed by atoms with Gasteiger partial charge in [0.05, 0.1) is 12.1 Å². The highest BCUT2D eigenvalue weighted by molar-refractivity contribution is 7.98. The molecule has 0 saturated carbocycles. The van der Waals surface area contributed by atoms with E-state index in [-0.39, 0.29) is 18.4 Å². The zero-order valence-corrected chi connectivity index (χ0v) is 17.2. The summed E-state index contributed by atoms with van der Waals surface area (Å²) in [5, 5.41) is 7.64. The Hall–Kier alpha value is -2.57. The van der Waals surface area contributed by atoms with E-state index in [1.807, 2.05) is 60.8 Å². The molecular formula is C22H22N2O2S2. The van der Waals surface area contributed by atoms with Crippen LogP contribution in [-0.2, 0) is 17.0 Å². The minimum atomic E-state index is -0.242. The molecule has 0 aliphatic rings. The smallest absolute Gasteiger partial charge is 0.252 e. The number of hydrogen-bond acceptors (Lipinski definition) is 4. The molecule has 3 aromatic rings. The Kier molecular flexibility index (Phi) is 7.28. The van der Waals surface area contributed by atoms with Gasteiger partial charge in [0.15, 0.2) is 0 Å². The minimum Gasteiger partial charge on any atom is -0.343 e. The lowest BCUT2D eigenvalue weighted by Gasteiger charge is -2.11. The van der Waals surface area contributed by atoms with Crippen LogP contribution in [0.5, 0.6) is 0 Å². The van der Waals surface area contributed by atoms with Gasteiger partial charge in [-0.1, -0.05) is 43.3 Å². The number of amides is 2. The molecule has 3 rings (SSSR count). The van der Waals surface area contributed by atoms with Crippen LogP contribution in [0.1, 0.15) is 27.7 Å². The van der Waals surface area contributed by atoms with Crippen LogP contribution in [0, 0.1) is 0 Å². The fraction of sp³-hybridized carbons (Fsp3) is 0.182. The molecule has 0 saturated heterocycles. The van der Waals surface area contributed by atoms with Gasteiger partial charge in [0.1, 0.15) is 0 Å². The number of anilines is 1. The second kappa shape index (κ2) is 10.1. The maximum atomic E-state index is 12.6. The fourth-order valence-electron chi connectivity index (χ4n) is 2.72. The van der Waals surface area contributed by atoms with Crippen molar-refractivity contribution in [3.8, 4) is 0 Å². The number of carbonyl (C=O) groups is 2. The van der Waals surface area contributed by atoms with Gasteiger partial charge in [0.25, 0.3) is 5.91 Å². The first-order valence-corrected chi connectivity index (χ1v) is 10.9. The van der Waals surface area contributed by atoms with Crippen molar-refractivity contribution >= 4 is 40.6 Å². The van der Waals surface area contributed by atoms with E-state index in [0.29, 0.717) is 5.56 Å². The zero-order valence-electron chi connectivity index (χ0n) is 15.6. The monoisotopic (exact) mass is 410 g/mol. The molecule has 0 radical (unpaired) electrons. The van der Waals surface area contributed by atoms with Gasteiger partial charge in [-0.25, -0.2) is 0 Å². The molecule has 6 heteroatoms. The number of rotatable bonds is 8. The summed E-state index contributed by atoms with van der Waals surface area (Å²) in [7, 11) is 0. The highest BCUT2D eigenvalue weighted by atomic mass is 32.2. The Morgan fingerprint density at radius 3 is 2.57 bits per heavy atom. The van der Waals surface area contributed by atoms with Gasteiger partial charge in [-0.15, -0.1) is 23.1 Å². The van der Waals surface area contributed by atoms with Gasteiger partial charge in [-0.3, -0.25) is 9.59 Å². The Labute approximate surface area is 173 Å². The number of benzene rings is 2. The number of aryl methyl sites for hydroxylation is 1. The molecule has 0 atom stereocenters. The topological polar surface area (TPSA) is 58.2 Å². The molecule has 0 aliphatic heterocycles. The van der Waals surface area contributed by atoms with Crippen LogP contribution < -0.4 is 10.6 Å². The summed E-state index contributed by atoms with van der Waals surface area (Å²) >= 11 is 3.32. The SMILES string of the molecule is CCc1ccccc1NC(=O)CNC(=O)c1ccccc1SCc1cccs1. The van der Waals surface area contributed by atoms with E-state index in [0.717, 1.165) is 28.3 Å². The van der Waals surface area contributed by atoms with Crippen LogP contribution in [0.25, 0.3) is 0 Å². The van der Waals surface area contributed by atoms with Crippen LogP contribution in [0.15, 0.2) is 70.9 Å². The van der Waals surface area contributed by atoms with Crippen LogP contribution >= 0.6 is 23.1 Å². The predicted molar refractivity (Wildman–Crippen MR) is 117 cm³/mol. The minimum absolute atomic E-state index is 0.0686. The Morgan fingerprint density at radius 2 is 1.79 bits per heavy atom. The average Bonchev–Trinajstić information content (AvgIpc) is 3.25. The highest BCUT2D eigenvalue weighted by Crippen LogP contribution is 2.27. The van der Waals surface area contributed by atoms with Crippen molar-refractivity contribution in [2.75, 3.05) is 11.9 Å². The lowest BCUT2D eigenvalue weighted by molar-refractivity contribution is -0.115. The normalized spacial score (nSPS) is 10.5. The summed E-state index contributed by atoms with van der Waals surface area (Å²) in [6.07, 6.45) is 0.831. The fourth-order valence-corrected chi connectivity index (χ4v) is 4.55. The van der Waals surface area contributed by atoms with E-state index in [9.17, 15) is 9.59 Å². The molecule has 28 heavy (non-hydrogen) atoms. The summed E-state index contributed by atoms with van der Waals surface area (Å²) < 4.78 is 0. The predicted octanol–water partition coefficient (Wildman–Crippen LogP) is 4.97. The maximum Gasteiger partial charge on any atom is 0.252 e. The summed E-state index contributed by atoms with van der Waals surface area (Å²) in [6, 6.07) is 19.3. The van der Waals surface area contributed by atoms with Gasteiger partial charge in [0, 0.05) is 21.2 Å². The third-order valence-electron chi connectivity index (χ3n) is 4.16. The first-order chi connectivity index (χ1) is 13.7. The average molecular weight is 411 g/mol. The molecule has 4 nitrogen and oxygen atoms in total. The van der Waals surface area contributed by atoms with Gasteiger partial charge < -0.3 is 10.6 Å². The molecule has 0 unspecified atom stereocenters. The largest absolute Gasteiger partial charge is 0.343 e. The number of hydrogen-bond donors (Lipinski definition) is 2. The van der Waals surface area contributed by atoms with Crippen molar-refractivity contribution < 1.29 is 9.59 Å². The molecule has 0 spiro atoms. The quantitative estimate of drug-likeness (QED) is 0.516. The van der Waals surface area contributed by atoms with E-state index in [1.165, 1.54) is 4.88 Å². The summed E-state index contributed by atoms with van der Waals surface area (Å²) in [5.41, 5.74) is 2.44. The molecule has 2 N–H and O–H groups in total. The molecule has 0 bridgehead atoms. The third kappa shape index (κ3) is 5.47. The van der Waals surface area contributed by atoms with Gasteiger partial charge in [0.2, 0.25) is 5.91 Å². The molecular weight excluding hydrogens is 388 g/mol. The van der Waals surface area contributed by atoms with E-state index in [1.54, 1.807) is 29.2 Å². The Morgan fingerprint density at radius 1 is 1.00 bits per heavy atom. The van der Waals surface area contributed by atoms with Gasteiger partial charge >= 0.3 is 0 Å². The highest BCUT2D eigenvalue weighted by Gasteiger charge is 2.13. The molecule has 1 heterocycles. The lowest BCUT2D eigenvalue weighted by Crippen LogP contribution is -2.33. The molecule has 2 amide bonds. The lowest BCUT2D eigenvalue weighted by atomic mass is 10.1. The summed E-state index contributed by atoms with van der Waals surface area (Å²) in [4.78, 5) is 27.0. The second-order valence-electron chi connectivity index (χ2n) is 6.11. The van der Waals surface area contributed by atoms with Gasteiger partial charge in [-0.2, -0.15) is 0 Å². The van der Waals surface area contributed by atoms with Crippen LogP contribution in [0.2, 0.25) is 0 Å². The molecule has 0 aliphatic carbocycles.